The second kappa shape index (κ2) is 4.76. The number of hydrogen-bond donors (Lipinski definition) is 1. The summed E-state index contributed by atoms with van der Waals surface area (Å²) in [5.74, 6) is -0.844. The van der Waals surface area contributed by atoms with Crippen molar-refractivity contribution in [2.75, 3.05) is 18.0 Å². The molecule has 0 aliphatic rings. The van der Waals surface area contributed by atoms with Gasteiger partial charge < -0.3 is 10.0 Å². The van der Waals surface area contributed by atoms with Crippen molar-refractivity contribution in [3.63, 3.8) is 0 Å². The first-order valence-electron chi connectivity index (χ1n) is 3.97. The van der Waals surface area contributed by atoms with Gasteiger partial charge in [0.25, 0.3) is 0 Å². The summed E-state index contributed by atoms with van der Waals surface area (Å²) >= 11 is 1.21. The number of rotatable bonds is 5. The average molecular weight is 201 g/mol. The van der Waals surface area contributed by atoms with Crippen LogP contribution in [0.5, 0.6) is 0 Å². The summed E-state index contributed by atoms with van der Waals surface area (Å²) in [4.78, 5) is 16.2. The fraction of sp³-hybridized carbons (Fsp3) is 0.571. The lowest BCUT2D eigenvalue weighted by molar-refractivity contribution is -0.135. The van der Waals surface area contributed by atoms with Gasteiger partial charge in [-0.15, -0.1) is 0 Å². The Kier molecular flexibility index (Phi) is 3.63. The van der Waals surface area contributed by atoms with Crippen molar-refractivity contribution in [2.24, 2.45) is 0 Å². The predicted molar refractivity (Wildman–Crippen MR) is 50.0 cm³/mol. The highest BCUT2D eigenvalue weighted by Crippen LogP contribution is 2.14. The fourth-order valence-electron chi connectivity index (χ4n) is 0.982. The summed E-state index contributed by atoms with van der Waals surface area (Å²) < 4.78 is 3.83. The molecule has 6 heteroatoms. The zero-order valence-corrected chi connectivity index (χ0v) is 8.12. The fourth-order valence-corrected chi connectivity index (χ4v) is 1.54. The molecule has 0 atom stereocenters. The maximum Gasteiger partial charge on any atom is 0.323 e. The Morgan fingerprint density at radius 1 is 1.77 bits per heavy atom. The first kappa shape index (κ1) is 9.91. The zero-order valence-electron chi connectivity index (χ0n) is 7.30. The van der Waals surface area contributed by atoms with E-state index in [0.29, 0.717) is 11.7 Å². The van der Waals surface area contributed by atoms with E-state index in [1.165, 1.54) is 17.9 Å². The van der Waals surface area contributed by atoms with Crippen LogP contribution in [-0.4, -0.2) is 33.5 Å². The Morgan fingerprint density at radius 2 is 2.54 bits per heavy atom. The van der Waals surface area contributed by atoms with Crippen molar-refractivity contribution >= 4 is 22.6 Å². The Balaban J connectivity index is 2.62. The molecule has 0 bridgehead atoms. The van der Waals surface area contributed by atoms with Gasteiger partial charge in [-0.1, -0.05) is 6.92 Å². The molecule has 1 rings (SSSR count). The molecule has 0 saturated carbocycles. The molecule has 1 heterocycles. The van der Waals surface area contributed by atoms with Crippen LogP contribution in [0.25, 0.3) is 0 Å². The molecule has 0 spiro atoms. The van der Waals surface area contributed by atoms with Gasteiger partial charge in [0, 0.05) is 18.1 Å². The van der Waals surface area contributed by atoms with Crippen LogP contribution in [0.4, 0.5) is 5.13 Å². The van der Waals surface area contributed by atoms with Gasteiger partial charge in [-0.25, -0.2) is 4.98 Å². The minimum Gasteiger partial charge on any atom is -0.480 e. The molecular weight excluding hydrogens is 190 g/mol. The molecule has 0 aromatic carbocycles. The lowest BCUT2D eigenvalue weighted by Gasteiger charge is -2.17. The molecule has 0 unspecified atom stereocenters. The minimum absolute atomic E-state index is 0.0109. The third-order valence-electron chi connectivity index (χ3n) is 1.44. The highest BCUT2D eigenvalue weighted by atomic mass is 32.1. The molecule has 5 nitrogen and oxygen atoms in total. The van der Waals surface area contributed by atoms with Gasteiger partial charge in [-0.3, -0.25) is 4.79 Å². The number of aromatic nitrogens is 2. The molecular formula is C7H11N3O2S. The molecule has 1 aromatic heterocycles. The third kappa shape index (κ3) is 2.98. The maximum atomic E-state index is 10.5. The number of nitrogens with zero attached hydrogens (tertiary/aromatic N) is 3. The lowest BCUT2D eigenvalue weighted by atomic mass is 10.4. The van der Waals surface area contributed by atoms with E-state index < -0.39 is 5.97 Å². The molecule has 0 amide bonds. The van der Waals surface area contributed by atoms with Crippen LogP contribution >= 0.6 is 11.5 Å². The Bertz CT molecular complexity index is 263. The van der Waals surface area contributed by atoms with E-state index >= 15 is 0 Å². The molecule has 72 valence electrons. The summed E-state index contributed by atoms with van der Waals surface area (Å²) in [6.45, 7) is 2.68. The van der Waals surface area contributed by atoms with Crippen molar-refractivity contribution < 1.29 is 9.90 Å². The van der Waals surface area contributed by atoms with E-state index in [2.05, 4.69) is 9.36 Å². The average Bonchev–Trinajstić information content (AvgIpc) is 2.54. The largest absolute Gasteiger partial charge is 0.480 e. The molecule has 1 aromatic rings. The minimum atomic E-state index is -0.844. The molecule has 13 heavy (non-hydrogen) atoms. The number of hydrogen-bond acceptors (Lipinski definition) is 5. The number of anilines is 1. The summed E-state index contributed by atoms with van der Waals surface area (Å²) in [7, 11) is 0. The van der Waals surface area contributed by atoms with E-state index in [0.717, 1.165) is 6.42 Å². The van der Waals surface area contributed by atoms with Crippen molar-refractivity contribution in [3.05, 3.63) is 6.33 Å². The van der Waals surface area contributed by atoms with E-state index in [1.807, 2.05) is 6.92 Å². The van der Waals surface area contributed by atoms with E-state index in [-0.39, 0.29) is 6.54 Å². The van der Waals surface area contributed by atoms with Crippen LogP contribution in [0.2, 0.25) is 0 Å². The van der Waals surface area contributed by atoms with Crippen molar-refractivity contribution in [1.29, 1.82) is 0 Å². The number of carboxylic acid groups (broad SMARTS) is 1. The Hall–Kier alpha value is -1.17. The highest BCUT2D eigenvalue weighted by molar-refractivity contribution is 7.09. The molecule has 0 radical (unpaired) electrons. The standard InChI is InChI=1S/C7H11N3O2S/c1-2-3-10(4-6(11)12)7-8-5-9-13-7/h5H,2-4H2,1H3,(H,11,12). The van der Waals surface area contributed by atoms with Gasteiger partial charge in [-0.2, -0.15) is 4.37 Å². The number of carboxylic acids is 1. The molecule has 0 saturated heterocycles. The number of aliphatic carboxylic acids is 1. The maximum absolute atomic E-state index is 10.5. The van der Waals surface area contributed by atoms with Gasteiger partial charge in [0.15, 0.2) is 0 Å². The third-order valence-corrected chi connectivity index (χ3v) is 2.17. The van der Waals surface area contributed by atoms with E-state index in [9.17, 15) is 4.79 Å². The van der Waals surface area contributed by atoms with E-state index in [4.69, 9.17) is 5.11 Å². The molecule has 0 fully saturated rings. The Morgan fingerprint density at radius 3 is 3.00 bits per heavy atom. The van der Waals surface area contributed by atoms with Crippen molar-refractivity contribution in [1.82, 2.24) is 9.36 Å². The van der Waals surface area contributed by atoms with Gasteiger partial charge in [0.05, 0.1) is 0 Å². The first-order valence-corrected chi connectivity index (χ1v) is 4.74. The van der Waals surface area contributed by atoms with Crippen molar-refractivity contribution in [2.45, 2.75) is 13.3 Å². The zero-order chi connectivity index (χ0) is 9.68. The van der Waals surface area contributed by atoms with Gasteiger partial charge in [0.2, 0.25) is 5.13 Å². The van der Waals surface area contributed by atoms with Crippen molar-refractivity contribution in [3.8, 4) is 0 Å². The smallest absolute Gasteiger partial charge is 0.323 e. The van der Waals surface area contributed by atoms with Crippen LogP contribution in [0, 0.1) is 0 Å². The topological polar surface area (TPSA) is 66.3 Å². The van der Waals surface area contributed by atoms with Crippen LogP contribution < -0.4 is 4.90 Å². The summed E-state index contributed by atoms with van der Waals surface area (Å²) in [5.41, 5.74) is 0. The lowest BCUT2D eigenvalue weighted by Crippen LogP contribution is -2.30. The highest BCUT2D eigenvalue weighted by Gasteiger charge is 2.11. The number of carbonyl (C=O) groups is 1. The molecule has 1 N–H and O–H groups in total. The van der Waals surface area contributed by atoms with Crippen LogP contribution in [0.15, 0.2) is 6.33 Å². The van der Waals surface area contributed by atoms with E-state index in [1.54, 1.807) is 4.90 Å². The normalized spacial score (nSPS) is 9.92. The quantitative estimate of drug-likeness (QED) is 0.764. The molecule has 0 aliphatic carbocycles. The molecule has 0 aliphatic heterocycles. The Labute approximate surface area is 80.2 Å². The van der Waals surface area contributed by atoms with Crippen LogP contribution in [0.1, 0.15) is 13.3 Å². The van der Waals surface area contributed by atoms with Gasteiger partial charge in [-0.05, 0) is 6.42 Å². The van der Waals surface area contributed by atoms with Gasteiger partial charge >= 0.3 is 5.97 Å². The summed E-state index contributed by atoms with van der Waals surface area (Å²) in [6, 6.07) is 0. The first-order chi connectivity index (χ1) is 6.24. The summed E-state index contributed by atoms with van der Waals surface area (Å²) in [6.07, 6.45) is 2.33. The second-order valence-electron chi connectivity index (χ2n) is 2.54. The second-order valence-corrected chi connectivity index (χ2v) is 3.30. The monoisotopic (exact) mass is 201 g/mol. The summed E-state index contributed by atoms with van der Waals surface area (Å²) in [5, 5.41) is 9.29. The van der Waals surface area contributed by atoms with Crippen LogP contribution in [-0.2, 0) is 4.79 Å². The predicted octanol–water partition coefficient (Wildman–Crippen LogP) is 0.839. The van der Waals surface area contributed by atoms with Gasteiger partial charge in [0.1, 0.15) is 12.9 Å². The SMILES string of the molecule is CCCN(CC(=O)O)c1ncns1. The van der Waals surface area contributed by atoms with Crippen LogP contribution in [0.3, 0.4) is 0 Å².